The molecule has 0 bridgehead atoms. The number of carbonyl (C=O) groups excluding carboxylic acids is 2. The SMILES string of the molecule is O=C(O)CCC(CCC(=O)O)(CCC(=O)O)NC(=O)Cn1ccnc1CN(CCc1ccc(NS(=O)[O-])cc1)Cc1nccn1CC(=O)NC(CCC(=O)O)(CCC(=O)O)CCC(=O)O.[C-]#[O+].[C-]#[O+].[C-]#[O+].[Re]. The number of hydrogen-bond acceptors (Lipinski definition) is 13. The van der Waals surface area contributed by atoms with Gasteiger partial charge in [0.1, 0.15) is 24.7 Å². The molecular weight excluding hydrogens is 1150 g/mol. The number of amides is 2. The number of carboxylic acid groups (broad SMARTS) is 6. The number of rotatable bonds is 33. The Balaban J connectivity index is 0. The number of aromatic nitrogens is 4. The number of aliphatic carboxylic acids is 6. The Hall–Kier alpha value is -6.85. The molecule has 1 aromatic carbocycles. The molecule has 9 N–H and O–H groups in total. The van der Waals surface area contributed by atoms with Crippen molar-refractivity contribution < 1.29 is 112 Å². The summed E-state index contributed by atoms with van der Waals surface area (Å²) in [4.78, 5) is 107. The van der Waals surface area contributed by atoms with E-state index in [4.69, 9.17) is 14.0 Å². The Kier molecular flexibility index (Phi) is 33.7. The molecule has 1 radical (unpaired) electrons. The first-order chi connectivity index (χ1) is 33.7. The van der Waals surface area contributed by atoms with Crippen molar-refractivity contribution in [2.75, 3.05) is 11.3 Å². The van der Waals surface area contributed by atoms with Crippen LogP contribution >= 0.6 is 0 Å². The van der Waals surface area contributed by atoms with Gasteiger partial charge in [-0.1, -0.05) is 12.1 Å². The minimum atomic E-state index is -2.54. The predicted octanol–water partition coefficient (Wildman–Crippen LogP) is 1.31. The molecule has 0 spiro atoms. The van der Waals surface area contributed by atoms with E-state index in [9.17, 15) is 77.8 Å². The van der Waals surface area contributed by atoms with E-state index < -0.39 is 108 Å². The minimum absolute atomic E-state index is 0. The molecular formula is C43H53N8O19ReS-. The van der Waals surface area contributed by atoms with E-state index in [1.54, 1.807) is 24.3 Å². The first kappa shape index (κ1) is 67.2. The fourth-order valence-corrected chi connectivity index (χ4v) is 7.52. The first-order valence-electron chi connectivity index (χ1n) is 20.9. The van der Waals surface area contributed by atoms with Gasteiger partial charge in [0, 0.05) is 118 Å². The van der Waals surface area contributed by atoms with Crippen molar-refractivity contribution >= 4 is 64.6 Å². The van der Waals surface area contributed by atoms with E-state index in [1.807, 2.05) is 4.90 Å². The van der Waals surface area contributed by atoms with Gasteiger partial charge in [-0.25, -0.2) is 9.97 Å². The van der Waals surface area contributed by atoms with Crippen molar-refractivity contribution in [2.45, 2.75) is 121 Å². The monoisotopic (exact) mass is 1200 g/mol. The van der Waals surface area contributed by atoms with Crippen molar-refractivity contribution in [3.63, 3.8) is 0 Å². The second-order valence-corrected chi connectivity index (χ2v) is 16.1. The minimum Gasteiger partial charge on any atom is 0 e. The second-order valence-electron chi connectivity index (χ2n) is 15.5. The Morgan fingerprint density at radius 1 is 0.583 bits per heavy atom. The van der Waals surface area contributed by atoms with E-state index in [-0.39, 0.29) is 85.1 Å². The van der Waals surface area contributed by atoms with Crippen LogP contribution in [-0.4, -0.2) is 129 Å². The van der Waals surface area contributed by atoms with Crippen LogP contribution in [0.5, 0.6) is 0 Å². The summed E-state index contributed by atoms with van der Waals surface area (Å²) in [5.74, 6) is -8.01. The quantitative estimate of drug-likeness (QED) is 0.0236. The van der Waals surface area contributed by atoms with Gasteiger partial charge < -0.3 is 59.7 Å². The molecule has 3 rings (SSSR count). The molecule has 29 heteroatoms. The fourth-order valence-electron chi connectivity index (χ4n) is 7.19. The topological polar surface area (TPSA) is 433 Å². The average Bonchev–Trinajstić information content (AvgIpc) is 3.96. The zero-order valence-electron chi connectivity index (χ0n) is 38.4. The van der Waals surface area contributed by atoms with Crippen molar-refractivity contribution in [3.05, 3.63) is 86.2 Å². The number of carboxylic acids is 6. The van der Waals surface area contributed by atoms with Crippen LogP contribution < -0.4 is 15.4 Å². The van der Waals surface area contributed by atoms with Crippen LogP contribution in [0.15, 0.2) is 49.1 Å². The van der Waals surface area contributed by atoms with Crippen molar-refractivity contribution in [1.82, 2.24) is 34.6 Å². The van der Waals surface area contributed by atoms with Crippen molar-refractivity contribution in [2.24, 2.45) is 0 Å². The number of nitrogens with one attached hydrogen (secondary N) is 3. The van der Waals surface area contributed by atoms with Gasteiger partial charge in [0.05, 0.1) is 13.1 Å². The van der Waals surface area contributed by atoms with Crippen LogP contribution in [0.3, 0.4) is 0 Å². The Labute approximate surface area is 428 Å². The summed E-state index contributed by atoms with van der Waals surface area (Å²) in [5, 5.41) is 61.8. The fraction of sp³-hybridized carbons (Fsp3) is 0.465. The van der Waals surface area contributed by atoms with Crippen LogP contribution in [0.2, 0.25) is 0 Å². The normalized spacial score (nSPS) is 10.9. The maximum atomic E-state index is 13.6. The summed E-state index contributed by atoms with van der Waals surface area (Å²) in [6.07, 6.45) is 2.02. The molecule has 1 unspecified atom stereocenters. The standard InChI is InChI=1S/C40H54N8O16S.3CO.Re/c49-31(43-39(12-5-33(51)52,13-6-34(53)54)14-7-35(55)56)25-47-21-18-41-29(47)23-46(20-11-27-1-3-28(4-2-27)45-65(63)64)24-30-42-19-22-48(30)26-32(50)44-40(15-8-36(57)58,16-9-37(59)60)17-10-38(61)62;3*1-2;/h1-4,18-19,21-22,45H,5-17,20,23-26H2,(H,43,49)(H,44,50)(H,51,52)(H,53,54)(H,55,56)(H,57,58)(H,59,60)(H,61,62)(H,63,64);;;;/p-1. The van der Waals surface area contributed by atoms with Crippen LogP contribution in [0.25, 0.3) is 0 Å². The summed E-state index contributed by atoms with van der Waals surface area (Å²) >= 11 is -2.54. The smallest absolute Gasteiger partial charge is 0 e. The molecule has 1 atom stereocenters. The van der Waals surface area contributed by atoms with Crippen LogP contribution in [0.4, 0.5) is 5.69 Å². The second kappa shape index (κ2) is 36.1. The molecule has 0 fully saturated rings. The van der Waals surface area contributed by atoms with Crippen LogP contribution in [0, 0.1) is 20.0 Å². The summed E-state index contributed by atoms with van der Waals surface area (Å²) in [7, 11) is 0. The van der Waals surface area contributed by atoms with E-state index in [1.165, 1.54) is 33.9 Å². The Morgan fingerprint density at radius 2 is 0.889 bits per heavy atom. The molecule has 0 aliphatic rings. The van der Waals surface area contributed by atoms with Gasteiger partial charge in [-0.3, -0.25) is 47.5 Å². The van der Waals surface area contributed by atoms with Crippen molar-refractivity contribution in [1.29, 1.82) is 0 Å². The molecule has 2 aromatic heterocycles. The van der Waals surface area contributed by atoms with Gasteiger partial charge in [0.25, 0.3) is 0 Å². The third-order valence-corrected chi connectivity index (χ3v) is 10.9. The maximum absolute atomic E-state index is 13.6. The third-order valence-electron chi connectivity index (χ3n) is 10.5. The maximum Gasteiger partial charge on any atom is 0 e. The van der Waals surface area contributed by atoms with Crippen molar-refractivity contribution in [3.8, 4) is 0 Å². The molecule has 0 aliphatic carbocycles. The van der Waals surface area contributed by atoms with Gasteiger partial charge in [-0.15, -0.1) is 0 Å². The molecule has 0 saturated heterocycles. The largest absolute Gasteiger partial charge is 0 e. The molecule has 3 aromatic rings. The summed E-state index contributed by atoms with van der Waals surface area (Å²) in [6.45, 7) is 13.1. The first-order valence-corrected chi connectivity index (χ1v) is 22.0. The molecule has 2 heterocycles. The number of imidazole rings is 2. The molecule has 393 valence electrons. The van der Waals surface area contributed by atoms with Gasteiger partial charge in [0.15, 0.2) is 0 Å². The zero-order valence-corrected chi connectivity index (χ0v) is 41.9. The van der Waals surface area contributed by atoms with Gasteiger partial charge in [-0.2, -0.15) is 0 Å². The molecule has 0 saturated carbocycles. The van der Waals surface area contributed by atoms with Gasteiger partial charge in [0.2, 0.25) is 11.8 Å². The zero-order chi connectivity index (χ0) is 54.2. The van der Waals surface area contributed by atoms with E-state index in [0.717, 1.165) is 5.56 Å². The average molecular weight is 1200 g/mol. The Bertz CT molecular complexity index is 2090. The van der Waals surface area contributed by atoms with E-state index in [0.29, 0.717) is 30.3 Å². The summed E-state index contributed by atoms with van der Waals surface area (Å²) in [6, 6.07) is 6.55. The molecule has 0 aliphatic heterocycles. The number of nitrogens with zero attached hydrogens (tertiary/aromatic N) is 5. The molecule has 2 amide bonds. The summed E-state index contributed by atoms with van der Waals surface area (Å²) in [5.41, 5.74) is -1.82. The van der Waals surface area contributed by atoms with Crippen LogP contribution in [0.1, 0.15) is 94.3 Å². The number of anilines is 1. The molecule has 72 heavy (non-hydrogen) atoms. The number of carbonyl (C=O) groups is 8. The van der Waals surface area contributed by atoms with E-state index in [2.05, 4.69) is 45.3 Å². The predicted molar refractivity (Wildman–Crippen MR) is 236 cm³/mol. The third kappa shape index (κ3) is 27.5. The van der Waals surface area contributed by atoms with Gasteiger partial charge >= 0.3 is 69.7 Å². The number of benzene rings is 1. The number of hydrogen-bond donors (Lipinski definition) is 9. The molecule has 27 nitrogen and oxygen atoms in total. The van der Waals surface area contributed by atoms with Crippen LogP contribution in [-0.2, 0) is 117 Å². The summed E-state index contributed by atoms with van der Waals surface area (Å²) < 4.78 is 50.0. The van der Waals surface area contributed by atoms with Gasteiger partial charge in [-0.05, 0) is 62.6 Å². The Morgan fingerprint density at radius 3 is 1.17 bits per heavy atom. The van der Waals surface area contributed by atoms with E-state index >= 15 is 0 Å².